The van der Waals surface area contributed by atoms with Gasteiger partial charge < -0.3 is 24.1 Å². The highest BCUT2D eigenvalue weighted by atomic mass is 32.2. The van der Waals surface area contributed by atoms with Crippen molar-refractivity contribution in [2.24, 2.45) is 5.92 Å². The summed E-state index contributed by atoms with van der Waals surface area (Å²) in [5, 5.41) is 12.2. The molecule has 3 rings (SSSR count). The number of nitrogens with zero attached hydrogens (tertiary/aromatic N) is 3. The quantitative estimate of drug-likeness (QED) is 0.369. The van der Waals surface area contributed by atoms with Gasteiger partial charge in [-0.1, -0.05) is 44.7 Å². The lowest BCUT2D eigenvalue weighted by Crippen LogP contribution is -2.16. The van der Waals surface area contributed by atoms with Gasteiger partial charge in [0.05, 0.1) is 20.0 Å². The van der Waals surface area contributed by atoms with Crippen molar-refractivity contribution in [3.05, 3.63) is 53.9 Å². The topological polar surface area (TPSA) is 87.5 Å². The van der Waals surface area contributed by atoms with E-state index in [1.165, 1.54) is 17.3 Å². The minimum absolute atomic E-state index is 0.159. The van der Waals surface area contributed by atoms with Gasteiger partial charge in [0.1, 0.15) is 23.9 Å². The molecule has 0 unspecified atom stereocenters. The number of benzene rings is 2. The van der Waals surface area contributed by atoms with Crippen molar-refractivity contribution in [1.82, 2.24) is 14.8 Å². The molecule has 1 N–H and O–H groups in total. The normalized spacial score (nSPS) is 10.9. The number of hydrogen-bond donors (Lipinski definition) is 1. The molecule has 1 aromatic heterocycles. The second-order valence-corrected chi connectivity index (χ2v) is 9.07. The van der Waals surface area contributed by atoms with Gasteiger partial charge in [-0.3, -0.25) is 4.79 Å². The highest BCUT2D eigenvalue weighted by molar-refractivity contribution is 7.99. The fourth-order valence-corrected chi connectivity index (χ4v) is 4.02. The van der Waals surface area contributed by atoms with E-state index in [9.17, 15) is 4.79 Å². The number of amides is 1. The van der Waals surface area contributed by atoms with Crippen LogP contribution < -0.4 is 19.5 Å². The van der Waals surface area contributed by atoms with E-state index in [0.29, 0.717) is 34.9 Å². The Labute approximate surface area is 205 Å². The van der Waals surface area contributed by atoms with Crippen LogP contribution in [0.4, 0.5) is 5.69 Å². The van der Waals surface area contributed by atoms with Crippen molar-refractivity contribution in [1.29, 1.82) is 0 Å². The van der Waals surface area contributed by atoms with Crippen LogP contribution in [0.1, 0.15) is 32.2 Å². The maximum absolute atomic E-state index is 12.6. The fraction of sp³-hybridized carbons (Fsp3) is 0.400. The molecule has 1 heterocycles. The van der Waals surface area contributed by atoms with Crippen LogP contribution in [-0.4, -0.2) is 40.6 Å². The minimum atomic E-state index is -0.159. The first kappa shape index (κ1) is 25.4. The Balaban J connectivity index is 1.64. The lowest BCUT2D eigenvalue weighted by Gasteiger charge is -2.13. The van der Waals surface area contributed by atoms with E-state index < -0.39 is 0 Å². The van der Waals surface area contributed by atoms with E-state index in [-0.39, 0.29) is 11.7 Å². The predicted octanol–water partition coefficient (Wildman–Crippen LogP) is 4.82. The predicted molar refractivity (Wildman–Crippen MR) is 134 cm³/mol. The molecule has 0 saturated carbocycles. The van der Waals surface area contributed by atoms with Gasteiger partial charge in [-0.25, -0.2) is 0 Å². The van der Waals surface area contributed by atoms with Gasteiger partial charge in [-0.2, -0.15) is 0 Å². The van der Waals surface area contributed by atoms with E-state index >= 15 is 0 Å². The van der Waals surface area contributed by atoms with Crippen molar-refractivity contribution < 1.29 is 19.0 Å². The Morgan fingerprint density at radius 3 is 2.29 bits per heavy atom. The number of anilines is 1. The van der Waals surface area contributed by atoms with Gasteiger partial charge in [0.2, 0.25) is 5.91 Å². The Morgan fingerprint density at radius 1 is 1.03 bits per heavy atom. The summed E-state index contributed by atoms with van der Waals surface area (Å²) >= 11 is 1.34. The molecule has 182 valence electrons. The molecular weight excluding hydrogens is 452 g/mol. The first-order valence-electron chi connectivity index (χ1n) is 11.2. The van der Waals surface area contributed by atoms with E-state index in [1.54, 1.807) is 32.4 Å². The second kappa shape index (κ2) is 12.3. The zero-order valence-corrected chi connectivity index (χ0v) is 21.1. The van der Waals surface area contributed by atoms with Gasteiger partial charge in [-0.05, 0) is 30.0 Å². The largest absolute Gasteiger partial charge is 0.497 e. The maximum Gasteiger partial charge on any atom is 0.234 e. The fourth-order valence-electron chi connectivity index (χ4n) is 3.26. The number of rotatable bonds is 12. The Kier molecular flexibility index (Phi) is 9.21. The van der Waals surface area contributed by atoms with Gasteiger partial charge in [0.15, 0.2) is 11.0 Å². The molecule has 0 atom stereocenters. The SMILES string of the molecule is CCc1ccc(OCc2nnc(SCC(=O)Nc3cc(OC)cc(OC)c3)n2CC(C)C)cc1. The van der Waals surface area contributed by atoms with Crippen LogP contribution in [-0.2, 0) is 24.4 Å². The molecule has 2 aromatic carbocycles. The molecule has 0 radical (unpaired) electrons. The molecule has 9 heteroatoms. The van der Waals surface area contributed by atoms with E-state index in [1.807, 2.05) is 16.7 Å². The first-order valence-corrected chi connectivity index (χ1v) is 12.2. The molecule has 0 spiro atoms. The summed E-state index contributed by atoms with van der Waals surface area (Å²) in [6.45, 7) is 7.42. The molecule has 0 aliphatic carbocycles. The number of nitrogens with one attached hydrogen (secondary N) is 1. The molecule has 1 amide bonds. The molecule has 0 saturated heterocycles. The standard InChI is InChI=1S/C25H32N4O4S/c1-6-18-7-9-20(10-8-18)33-15-23-27-28-25(29(23)14-17(2)3)34-16-24(30)26-19-11-21(31-4)13-22(12-19)32-5/h7-13,17H,6,14-16H2,1-5H3,(H,26,30). The monoisotopic (exact) mass is 484 g/mol. The third-order valence-electron chi connectivity index (χ3n) is 5.01. The summed E-state index contributed by atoms with van der Waals surface area (Å²) in [7, 11) is 3.14. The van der Waals surface area contributed by atoms with Crippen LogP contribution in [0.15, 0.2) is 47.6 Å². The van der Waals surface area contributed by atoms with Crippen molar-refractivity contribution in [2.75, 3.05) is 25.3 Å². The van der Waals surface area contributed by atoms with E-state index in [0.717, 1.165) is 24.5 Å². The molecule has 0 bridgehead atoms. The lowest BCUT2D eigenvalue weighted by atomic mass is 10.2. The summed E-state index contributed by atoms with van der Waals surface area (Å²) < 4.78 is 18.5. The van der Waals surface area contributed by atoms with Crippen LogP contribution in [0.2, 0.25) is 0 Å². The molecule has 8 nitrogen and oxygen atoms in total. The van der Waals surface area contributed by atoms with Crippen LogP contribution in [0.25, 0.3) is 0 Å². The molecule has 0 aliphatic heterocycles. The van der Waals surface area contributed by atoms with Crippen LogP contribution in [0.5, 0.6) is 17.2 Å². The number of ether oxygens (including phenoxy) is 3. The highest BCUT2D eigenvalue weighted by Crippen LogP contribution is 2.26. The average molecular weight is 485 g/mol. The number of hydrogen-bond acceptors (Lipinski definition) is 7. The van der Waals surface area contributed by atoms with Gasteiger partial charge in [-0.15, -0.1) is 10.2 Å². The maximum atomic E-state index is 12.6. The smallest absolute Gasteiger partial charge is 0.234 e. The van der Waals surface area contributed by atoms with Crippen molar-refractivity contribution >= 4 is 23.4 Å². The third kappa shape index (κ3) is 7.15. The molecule has 0 aliphatic rings. The van der Waals surface area contributed by atoms with Gasteiger partial charge in [0.25, 0.3) is 0 Å². The number of carbonyl (C=O) groups is 1. The summed E-state index contributed by atoms with van der Waals surface area (Å²) in [6, 6.07) is 13.3. The molecule has 0 fully saturated rings. The summed E-state index contributed by atoms with van der Waals surface area (Å²) in [6.07, 6.45) is 0.989. The zero-order valence-electron chi connectivity index (χ0n) is 20.3. The molecule has 3 aromatic rings. The number of thioether (sulfide) groups is 1. The highest BCUT2D eigenvalue weighted by Gasteiger charge is 2.16. The number of aryl methyl sites for hydroxylation is 1. The van der Waals surface area contributed by atoms with Crippen molar-refractivity contribution in [3.63, 3.8) is 0 Å². The van der Waals surface area contributed by atoms with Crippen molar-refractivity contribution in [2.45, 2.75) is 45.5 Å². The number of methoxy groups -OCH3 is 2. The minimum Gasteiger partial charge on any atom is -0.497 e. The number of carbonyl (C=O) groups excluding carboxylic acids is 1. The third-order valence-corrected chi connectivity index (χ3v) is 5.98. The average Bonchev–Trinajstić information content (AvgIpc) is 3.21. The number of aromatic nitrogens is 3. The van der Waals surface area contributed by atoms with Crippen LogP contribution in [0.3, 0.4) is 0 Å². The molecular formula is C25H32N4O4S. The van der Waals surface area contributed by atoms with Gasteiger partial charge in [0, 0.05) is 30.4 Å². The second-order valence-electron chi connectivity index (χ2n) is 8.13. The Morgan fingerprint density at radius 2 is 1.71 bits per heavy atom. The lowest BCUT2D eigenvalue weighted by molar-refractivity contribution is -0.113. The van der Waals surface area contributed by atoms with Gasteiger partial charge >= 0.3 is 0 Å². The van der Waals surface area contributed by atoms with E-state index in [2.05, 4.69) is 48.4 Å². The van der Waals surface area contributed by atoms with Crippen molar-refractivity contribution in [3.8, 4) is 17.2 Å². The Bertz CT molecular complexity index is 1060. The van der Waals surface area contributed by atoms with E-state index in [4.69, 9.17) is 14.2 Å². The zero-order chi connectivity index (χ0) is 24.5. The molecule has 34 heavy (non-hydrogen) atoms. The van der Waals surface area contributed by atoms with Crippen LogP contribution >= 0.6 is 11.8 Å². The van der Waals surface area contributed by atoms with Crippen LogP contribution in [0, 0.1) is 5.92 Å². The first-order chi connectivity index (χ1) is 16.4. The summed E-state index contributed by atoms with van der Waals surface area (Å²) in [5.41, 5.74) is 1.87. The summed E-state index contributed by atoms with van der Waals surface area (Å²) in [5.74, 6) is 3.15. The Hall–Kier alpha value is -3.20. The summed E-state index contributed by atoms with van der Waals surface area (Å²) in [4.78, 5) is 12.6.